The highest BCUT2D eigenvalue weighted by atomic mass is 16.2. The summed E-state index contributed by atoms with van der Waals surface area (Å²) in [6.45, 7) is 1.49. The van der Waals surface area contributed by atoms with Crippen LogP contribution in [0.2, 0.25) is 0 Å². The molecular weight excluding hydrogens is 194 g/mol. The molecule has 0 aliphatic heterocycles. The van der Waals surface area contributed by atoms with E-state index in [1.165, 1.54) is 11.8 Å². The fraction of sp³-hybridized carbons (Fsp3) is 0.200. The summed E-state index contributed by atoms with van der Waals surface area (Å²) in [5.74, 6) is -0.0489. The summed E-state index contributed by atoms with van der Waals surface area (Å²) >= 11 is 0. The largest absolute Gasteiger partial charge is 0.323 e. The second-order valence-electron chi connectivity index (χ2n) is 3.39. The SMILES string of the molecule is CC(=O)N(C)c1ccc2[nH]c(=O)[nH]c2c1. The van der Waals surface area contributed by atoms with Gasteiger partial charge in [0.05, 0.1) is 11.0 Å². The van der Waals surface area contributed by atoms with E-state index in [2.05, 4.69) is 9.97 Å². The van der Waals surface area contributed by atoms with Crippen LogP contribution in [-0.4, -0.2) is 22.9 Å². The number of carbonyl (C=O) groups excluding carboxylic acids is 1. The molecule has 5 nitrogen and oxygen atoms in total. The van der Waals surface area contributed by atoms with E-state index in [-0.39, 0.29) is 11.6 Å². The van der Waals surface area contributed by atoms with E-state index in [0.29, 0.717) is 5.52 Å². The van der Waals surface area contributed by atoms with Crippen LogP contribution in [0.4, 0.5) is 5.69 Å². The van der Waals surface area contributed by atoms with Gasteiger partial charge in [-0.3, -0.25) is 4.79 Å². The van der Waals surface area contributed by atoms with E-state index >= 15 is 0 Å². The van der Waals surface area contributed by atoms with Crippen molar-refractivity contribution < 1.29 is 4.79 Å². The number of anilines is 1. The molecule has 0 fully saturated rings. The number of rotatable bonds is 1. The van der Waals surface area contributed by atoms with Crippen molar-refractivity contribution in [2.45, 2.75) is 6.92 Å². The number of aromatic nitrogens is 2. The van der Waals surface area contributed by atoms with Gasteiger partial charge in [0.25, 0.3) is 0 Å². The Morgan fingerprint density at radius 1 is 1.27 bits per heavy atom. The van der Waals surface area contributed by atoms with Crippen molar-refractivity contribution in [3.63, 3.8) is 0 Å². The van der Waals surface area contributed by atoms with Gasteiger partial charge in [-0.25, -0.2) is 4.79 Å². The maximum Gasteiger partial charge on any atom is 0.323 e. The number of nitrogens with one attached hydrogen (secondary N) is 2. The lowest BCUT2D eigenvalue weighted by Gasteiger charge is -2.14. The smallest absolute Gasteiger partial charge is 0.316 e. The topological polar surface area (TPSA) is 69.0 Å². The second-order valence-corrected chi connectivity index (χ2v) is 3.39. The van der Waals surface area contributed by atoms with Crippen LogP contribution in [0.15, 0.2) is 23.0 Å². The lowest BCUT2D eigenvalue weighted by Crippen LogP contribution is -2.22. The Kier molecular flexibility index (Phi) is 2.07. The van der Waals surface area contributed by atoms with E-state index < -0.39 is 0 Å². The Hall–Kier alpha value is -2.04. The molecule has 1 heterocycles. The third-order valence-corrected chi connectivity index (χ3v) is 2.36. The maximum absolute atomic E-state index is 11.1. The standard InChI is InChI=1S/C10H11N3O2/c1-6(14)13(2)7-3-4-8-9(5-7)12-10(15)11-8/h3-5H,1-2H3,(H2,11,12,15). The van der Waals surface area contributed by atoms with Gasteiger partial charge in [-0.1, -0.05) is 0 Å². The number of hydrogen-bond acceptors (Lipinski definition) is 2. The zero-order valence-electron chi connectivity index (χ0n) is 8.50. The number of nitrogens with zero attached hydrogens (tertiary/aromatic N) is 1. The van der Waals surface area contributed by atoms with Crippen LogP contribution in [-0.2, 0) is 4.79 Å². The number of H-pyrrole nitrogens is 2. The molecule has 2 rings (SSSR count). The molecule has 0 saturated carbocycles. The van der Waals surface area contributed by atoms with Gasteiger partial charge in [-0.15, -0.1) is 0 Å². The van der Waals surface area contributed by atoms with Crippen molar-refractivity contribution in [2.75, 3.05) is 11.9 Å². The molecule has 0 saturated heterocycles. The summed E-state index contributed by atoms with van der Waals surface area (Å²) in [5, 5.41) is 0. The molecule has 2 N–H and O–H groups in total. The number of fused-ring (bicyclic) bond motifs is 1. The fourth-order valence-corrected chi connectivity index (χ4v) is 1.41. The quantitative estimate of drug-likeness (QED) is 0.724. The number of aromatic amines is 2. The van der Waals surface area contributed by atoms with E-state index in [1.54, 1.807) is 25.2 Å². The molecule has 0 unspecified atom stereocenters. The van der Waals surface area contributed by atoms with Crippen molar-refractivity contribution in [1.29, 1.82) is 0 Å². The van der Waals surface area contributed by atoms with Gasteiger partial charge in [-0.05, 0) is 18.2 Å². The summed E-state index contributed by atoms with van der Waals surface area (Å²) < 4.78 is 0. The molecule has 0 aliphatic rings. The molecule has 0 spiro atoms. The second kappa shape index (κ2) is 3.27. The van der Waals surface area contributed by atoms with Gasteiger partial charge in [0, 0.05) is 19.7 Å². The van der Waals surface area contributed by atoms with Crippen LogP contribution in [0.1, 0.15) is 6.92 Å². The first-order chi connectivity index (χ1) is 7.08. The number of hydrogen-bond donors (Lipinski definition) is 2. The molecule has 5 heteroatoms. The number of amides is 1. The molecule has 1 aromatic heterocycles. The summed E-state index contributed by atoms with van der Waals surface area (Å²) in [6, 6.07) is 5.31. The van der Waals surface area contributed by atoms with Crippen molar-refractivity contribution >= 4 is 22.6 Å². The molecular formula is C10H11N3O2. The molecule has 0 atom stereocenters. The first-order valence-corrected chi connectivity index (χ1v) is 4.54. The lowest BCUT2D eigenvalue weighted by molar-refractivity contribution is -0.116. The van der Waals surface area contributed by atoms with E-state index in [4.69, 9.17) is 0 Å². The molecule has 1 aromatic carbocycles. The van der Waals surface area contributed by atoms with Gasteiger partial charge < -0.3 is 14.9 Å². The van der Waals surface area contributed by atoms with Gasteiger partial charge in [0.2, 0.25) is 5.91 Å². The Labute approximate surface area is 85.7 Å². The first-order valence-electron chi connectivity index (χ1n) is 4.54. The van der Waals surface area contributed by atoms with Crippen LogP contribution >= 0.6 is 0 Å². The first kappa shape index (κ1) is 9.51. The van der Waals surface area contributed by atoms with Crippen LogP contribution in [0.25, 0.3) is 11.0 Å². The minimum Gasteiger partial charge on any atom is -0.316 e. The van der Waals surface area contributed by atoms with Crippen molar-refractivity contribution in [3.8, 4) is 0 Å². The third kappa shape index (κ3) is 1.63. The molecule has 0 radical (unpaired) electrons. The summed E-state index contributed by atoms with van der Waals surface area (Å²) in [5.41, 5.74) is 1.95. The summed E-state index contributed by atoms with van der Waals surface area (Å²) in [7, 11) is 1.69. The average molecular weight is 205 g/mol. The van der Waals surface area contributed by atoms with E-state index in [9.17, 15) is 9.59 Å². The minimum absolute atomic E-state index is 0.0489. The van der Waals surface area contributed by atoms with Gasteiger partial charge in [0.1, 0.15) is 0 Å². The fourth-order valence-electron chi connectivity index (χ4n) is 1.41. The van der Waals surface area contributed by atoms with Gasteiger partial charge in [-0.2, -0.15) is 0 Å². The van der Waals surface area contributed by atoms with Crippen LogP contribution < -0.4 is 10.6 Å². The Balaban J connectivity index is 2.55. The highest BCUT2D eigenvalue weighted by molar-refractivity contribution is 5.93. The van der Waals surface area contributed by atoms with Crippen molar-refractivity contribution in [3.05, 3.63) is 28.7 Å². The predicted molar refractivity (Wildman–Crippen MR) is 58.0 cm³/mol. The van der Waals surface area contributed by atoms with Crippen molar-refractivity contribution in [1.82, 2.24) is 9.97 Å². The lowest BCUT2D eigenvalue weighted by atomic mass is 10.2. The highest BCUT2D eigenvalue weighted by Crippen LogP contribution is 2.17. The predicted octanol–water partition coefficient (Wildman–Crippen LogP) is 0.839. The summed E-state index contributed by atoms with van der Waals surface area (Å²) in [4.78, 5) is 28.9. The average Bonchev–Trinajstić information content (AvgIpc) is 2.55. The number of imidazole rings is 1. The maximum atomic E-state index is 11.1. The molecule has 15 heavy (non-hydrogen) atoms. The molecule has 2 aromatic rings. The van der Waals surface area contributed by atoms with Crippen LogP contribution in [0.3, 0.4) is 0 Å². The number of benzene rings is 1. The zero-order chi connectivity index (χ0) is 11.0. The highest BCUT2D eigenvalue weighted by Gasteiger charge is 2.06. The van der Waals surface area contributed by atoms with Gasteiger partial charge in [0.15, 0.2) is 0 Å². The number of carbonyl (C=O) groups is 1. The summed E-state index contributed by atoms with van der Waals surface area (Å²) in [6.07, 6.45) is 0. The van der Waals surface area contributed by atoms with Crippen LogP contribution in [0.5, 0.6) is 0 Å². The molecule has 0 aliphatic carbocycles. The zero-order valence-corrected chi connectivity index (χ0v) is 8.50. The molecule has 0 bridgehead atoms. The van der Waals surface area contributed by atoms with Crippen molar-refractivity contribution in [2.24, 2.45) is 0 Å². The van der Waals surface area contributed by atoms with Crippen LogP contribution in [0, 0.1) is 0 Å². The normalized spacial score (nSPS) is 10.5. The Morgan fingerprint density at radius 3 is 2.60 bits per heavy atom. The molecule has 1 amide bonds. The third-order valence-electron chi connectivity index (χ3n) is 2.36. The van der Waals surface area contributed by atoms with Gasteiger partial charge >= 0.3 is 5.69 Å². The minimum atomic E-state index is -0.243. The van der Waals surface area contributed by atoms with E-state index in [0.717, 1.165) is 11.2 Å². The Bertz CT molecular complexity index is 567. The monoisotopic (exact) mass is 205 g/mol. The van der Waals surface area contributed by atoms with E-state index in [1.807, 2.05) is 0 Å². The molecule has 78 valence electrons. The Morgan fingerprint density at radius 2 is 1.93 bits per heavy atom.